The van der Waals surface area contributed by atoms with Crippen molar-refractivity contribution in [2.45, 2.75) is 38.8 Å². The highest BCUT2D eigenvalue weighted by Crippen LogP contribution is 2.26. The number of ether oxygens (including phenoxy) is 1. The topological polar surface area (TPSA) is 80.0 Å². The van der Waals surface area contributed by atoms with Crippen molar-refractivity contribution in [1.82, 2.24) is 4.90 Å². The number of rotatable bonds is 4. The Morgan fingerprint density at radius 2 is 2.20 bits per heavy atom. The van der Waals surface area contributed by atoms with E-state index in [4.69, 9.17) is 14.3 Å². The average Bonchev–Trinajstić information content (AvgIpc) is 2.91. The van der Waals surface area contributed by atoms with Crippen molar-refractivity contribution in [2.75, 3.05) is 13.7 Å². The summed E-state index contributed by atoms with van der Waals surface area (Å²) in [6.45, 7) is 3.98. The molecule has 2 heterocycles. The van der Waals surface area contributed by atoms with Gasteiger partial charge in [-0.15, -0.1) is 0 Å². The molecule has 6 heteroatoms. The molecule has 1 N–H and O–H groups in total. The lowest BCUT2D eigenvalue weighted by molar-refractivity contribution is -0.138. The van der Waals surface area contributed by atoms with Crippen LogP contribution < -0.4 is 0 Å². The van der Waals surface area contributed by atoms with E-state index >= 15 is 0 Å². The second-order valence-electron chi connectivity index (χ2n) is 5.17. The molecular weight excluding hydrogens is 262 g/mol. The SMILES string of the molecule is COC1CC(CC(=O)O)N(C(=O)c2oc(C)cc2C)C1. The van der Waals surface area contributed by atoms with Crippen LogP contribution in [0.15, 0.2) is 10.5 Å². The second-order valence-corrected chi connectivity index (χ2v) is 5.17. The van der Waals surface area contributed by atoms with Crippen LogP contribution in [0.2, 0.25) is 0 Å². The number of methoxy groups -OCH3 is 1. The maximum Gasteiger partial charge on any atom is 0.305 e. The minimum Gasteiger partial charge on any atom is -0.481 e. The molecule has 1 aliphatic heterocycles. The van der Waals surface area contributed by atoms with Crippen LogP contribution in [0.3, 0.4) is 0 Å². The predicted molar refractivity (Wildman–Crippen MR) is 70.7 cm³/mol. The molecule has 1 aromatic heterocycles. The predicted octanol–water partition coefficient (Wildman–Crippen LogP) is 1.60. The Balaban J connectivity index is 2.21. The number of carboxylic acids is 1. The highest BCUT2D eigenvalue weighted by atomic mass is 16.5. The molecular formula is C14H19NO5. The zero-order chi connectivity index (χ0) is 14.9. The van der Waals surface area contributed by atoms with Crippen molar-refractivity contribution in [3.63, 3.8) is 0 Å². The number of hydrogen-bond acceptors (Lipinski definition) is 4. The van der Waals surface area contributed by atoms with E-state index in [0.717, 1.165) is 5.56 Å². The zero-order valence-electron chi connectivity index (χ0n) is 11.9. The maximum absolute atomic E-state index is 12.5. The molecule has 1 fully saturated rings. The van der Waals surface area contributed by atoms with Crippen molar-refractivity contribution in [1.29, 1.82) is 0 Å². The number of hydrogen-bond donors (Lipinski definition) is 1. The normalized spacial score (nSPS) is 22.2. The molecule has 0 aromatic carbocycles. The Morgan fingerprint density at radius 3 is 2.70 bits per heavy atom. The van der Waals surface area contributed by atoms with Gasteiger partial charge in [-0.3, -0.25) is 9.59 Å². The van der Waals surface area contributed by atoms with E-state index in [9.17, 15) is 9.59 Å². The second kappa shape index (κ2) is 5.66. The number of likely N-dealkylation sites (tertiary alicyclic amines) is 1. The van der Waals surface area contributed by atoms with Crippen molar-refractivity contribution in [2.24, 2.45) is 0 Å². The van der Waals surface area contributed by atoms with Gasteiger partial charge < -0.3 is 19.2 Å². The summed E-state index contributed by atoms with van der Waals surface area (Å²) < 4.78 is 10.7. The fraction of sp³-hybridized carbons (Fsp3) is 0.571. The average molecular weight is 281 g/mol. The Kier molecular flexibility index (Phi) is 4.13. The first kappa shape index (κ1) is 14.6. The van der Waals surface area contributed by atoms with E-state index < -0.39 is 5.97 Å². The van der Waals surface area contributed by atoms with Crippen molar-refractivity contribution >= 4 is 11.9 Å². The van der Waals surface area contributed by atoms with Crippen LogP contribution in [0.1, 0.15) is 34.7 Å². The lowest BCUT2D eigenvalue weighted by Gasteiger charge is -2.22. The number of carboxylic acid groups (broad SMARTS) is 1. The largest absolute Gasteiger partial charge is 0.481 e. The molecule has 1 saturated heterocycles. The van der Waals surface area contributed by atoms with E-state index in [2.05, 4.69) is 0 Å². The molecule has 0 bridgehead atoms. The molecule has 20 heavy (non-hydrogen) atoms. The molecule has 0 spiro atoms. The Bertz CT molecular complexity index is 522. The third kappa shape index (κ3) is 2.85. The Hall–Kier alpha value is -1.82. The summed E-state index contributed by atoms with van der Waals surface area (Å²) in [6.07, 6.45) is 0.331. The maximum atomic E-state index is 12.5. The molecule has 0 saturated carbocycles. The lowest BCUT2D eigenvalue weighted by atomic mass is 10.1. The summed E-state index contributed by atoms with van der Waals surface area (Å²) in [5, 5.41) is 8.96. The minimum absolute atomic E-state index is 0.0790. The van der Waals surface area contributed by atoms with Gasteiger partial charge in [0.15, 0.2) is 5.76 Å². The van der Waals surface area contributed by atoms with Crippen LogP contribution in [0.5, 0.6) is 0 Å². The van der Waals surface area contributed by atoms with Crippen molar-refractivity contribution in [3.05, 3.63) is 23.2 Å². The first-order chi connectivity index (χ1) is 9.42. The number of aryl methyl sites for hydroxylation is 2. The van der Waals surface area contributed by atoms with Crippen LogP contribution in [0.25, 0.3) is 0 Å². The lowest BCUT2D eigenvalue weighted by Crippen LogP contribution is -2.37. The summed E-state index contributed by atoms with van der Waals surface area (Å²) in [7, 11) is 1.57. The van der Waals surface area contributed by atoms with Crippen LogP contribution in [0, 0.1) is 13.8 Å². The highest BCUT2D eigenvalue weighted by Gasteiger charge is 2.38. The summed E-state index contributed by atoms with van der Waals surface area (Å²) in [5.41, 5.74) is 0.766. The third-order valence-electron chi connectivity index (χ3n) is 3.62. The molecule has 1 aliphatic rings. The summed E-state index contributed by atoms with van der Waals surface area (Å²) in [5.74, 6) is -0.226. The van der Waals surface area contributed by atoms with Crippen LogP contribution in [0.4, 0.5) is 0 Å². The van der Waals surface area contributed by atoms with Crippen molar-refractivity contribution < 1.29 is 23.8 Å². The standard InChI is InChI=1S/C14H19NO5/c1-8-4-9(2)20-13(8)14(18)15-7-11(19-3)5-10(15)6-12(16)17/h4,10-11H,5-7H2,1-3H3,(H,16,17). The number of nitrogens with zero attached hydrogens (tertiary/aromatic N) is 1. The smallest absolute Gasteiger partial charge is 0.305 e. The molecule has 2 unspecified atom stereocenters. The van der Waals surface area contributed by atoms with E-state index in [1.165, 1.54) is 0 Å². The van der Waals surface area contributed by atoms with Crippen LogP contribution in [-0.4, -0.2) is 47.7 Å². The van der Waals surface area contributed by atoms with Crippen molar-refractivity contribution in [3.8, 4) is 0 Å². The fourth-order valence-corrected chi connectivity index (χ4v) is 2.67. The molecule has 2 rings (SSSR count). The Morgan fingerprint density at radius 1 is 1.50 bits per heavy atom. The highest BCUT2D eigenvalue weighted by molar-refractivity contribution is 5.93. The Labute approximate surface area is 117 Å². The molecule has 6 nitrogen and oxygen atoms in total. The van der Waals surface area contributed by atoms with Gasteiger partial charge in [-0.25, -0.2) is 0 Å². The molecule has 2 atom stereocenters. The van der Waals surface area contributed by atoms with Gasteiger partial charge in [-0.1, -0.05) is 0 Å². The van der Waals surface area contributed by atoms with Gasteiger partial charge in [0.1, 0.15) is 5.76 Å². The van der Waals surface area contributed by atoms with Gasteiger partial charge >= 0.3 is 5.97 Å². The number of carbonyl (C=O) groups is 2. The quantitative estimate of drug-likeness (QED) is 0.906. The van der Waals surface area contributed by atoms with Gasteiger partial charge in [-0.2, -0.15) is 0 Å². The van der Waals surface area contributed by atoms with E-state index in [0.29, 0.717) is 18.7 Å². The van der Waals surface area contributed by atoms with Gasteiger partial charge in [0.25, 0.3) is 5.91 Å². The summed E-state index contributed by atoms with van der Waals surface area (Å²) >= 11 is 0. The van der Waals surface area contributed by atoms with E-state index in [1.54, 1.807) is 31.9 Å². The summed E-state index contributed by atoms with van der Waals surface area (Å²) in [6, 6.07) is 1.44. The molecule has 0 aliphatic carbocycles. The third-order valence-corrected chi connectivity index (χ3v) is 3.62. The summed E-state index contributed by atoms with van der Waals surface area (Å²) in [4.78, 5) is 25.0. The van der Waals surface area contributed by atoms with Gasteiger partial charge in [0, 0.05) is 25.3 Å². The van der Waals surface area contributed by atoms with Gasteiger partial charge in [-0.05, 0) is 26.3 Å². The van der Waals surface area contributed by atoms with Gasteiger partial charge in [0.2, 0.25) is 0 Å². The molecule has 110 valence electrons. The van der Waals surface area contributed by atoms with E-state index in [-0.39, 0.29) is 30.2 Å². The molecule has 0 radical (unpaired) electrons. The zero-order valence-corrected chi connectivity index (χ0v) is 11.9. The van der Waals surface area contributed by atoms with Gasteiger partial charge in [0.05, 0.1) is 12.5 Å². The monoisotopic (exact) mass is 281 g/mol. The number of furan rings is 1. The first-order valence-corrected chi connectivity index (χ1v) is 6.55. The van der Waals surface area contributed by atoms with E-state index in [1.807, 2.05) is 0 Å². The fourth-order valence-electron chi connectivity index (χ4n) is 2.67. The minimum atomic E-state index is -0.920. The molecule has 1 aromatic rings. The van der Waals surface area contributed by atoms with Crippen LogP contribution in [-0.2, 0) is 9.53 Å². The number of carbonyl (C=O) groups excluding carboxylic acids is 1. The number of amides is 1. The molecule has 1 amide bonds. The first-order valence-electron chi connectivity index (χ1n) is 6.55. The van der Waals surface area contributed by atoms with Crippen LogP contribution >= 0.6 is 0 Å². The number of aliphatic carboxylic acids is 1.